The molecular formula is C11H16F3N3S. The van der Waals surface area contributed by atoms with Crippen LogP contribution < -0.4 is 10.6 Å². The Morgan fingerprint density at radius 2 is 1.83 bits per heavy atom. The van der Waals surface area contributed by atoms with Crippen molar-refractivity contribution in [1.82, 2.24) is 4.98 Å². The van der Waals surface area contributed by atoms with Gasteiger partial charge in [-0.3, -0.25) is 0 Å². The van der Waals surface area contributed by atoms with Crippen LogP contribution in [0.15, 0.2) is 12.1 Å². The molecule has 0 radical (unpaired) electrons. The highest BCUT2D eigenvalue weighted by molar-refractivity contribution is 7.98. The summed E-state index contributed by atoms with van der Waals surface area (Å²) in [7, 11) is 0. The second-order valence-corrected chi connectivity index (χ2v) is 4.56. The zero-order valence-corrected chi connectivity index (χ0v) is 11.1. The van der Waals surface area contributed by atoms with E-state index < -0.39 is 11.7 Å². The fourth-order valence-electron chi connectivity index (χ4n) is 1.34. The summed E-state index contributed by atoms with van der Waals surface area (Å²) in [5.41, 5.74) is -0.694. The summed E-state index contributed by atoms with van der Waals surface area (Å²) in [6.07, 6.45) is -2.42. The van der Waals surface area contributed by atoms with Crippen LogP contribution in [0.5, 0.6) is 0 Å². The molecule has 1 heterocycles. The summed E-state index contributed by atoms with van der Waals surface area (Å²) < 4.78 is 38.1. The summed E-state index contributed by atoms with van der Waals surface area (Å²) in [5, 5.41) is 5.68. The minimum absolute atomic E-state index is 0.235. The van der Waals surface area contributed by atoms with Gasteiger partial charge in [-0.1, -0.05) is 0 Å². The molecule has 0 amide bonds. The van der Waals surface area contributed by atoms with Gasteiger partial charge in [0.2, 0.25) is 0 Å². The van der Waals surface area contributed by atoms with Gasteiger partial charge in [0, 0.05) is 18.8 Å². The second-order valence-electron chi connectivity index (χ2n) is 3.57. The summed E-state index contributed by atoms with van der Waals surface area (Å²) in [6.45, 7) is 2.92. The van der Waals surface area contributed by atoms with E-state index in [1.807, 2.05) is 13.2 Å². The summed E-state index contributed by atoms with van der Waals surface area (Å²) >= 11 is 1.62. The Bertz CT molecular complexity index is 382. The Morgan fingerprint density at radius 3 is 2.33 bits per heavy atom. The van der Waals surface area contributed by atoms with Gasteiger partial charge in [-0.2, -0.15) is 24.9 Å². The van der Waals surface area contributed by atoms with Gasteiger partial charge in [0.1, 0.15) is 11.6 Å². The van der Waals surface area contributed by atoms with Crippen molar-refractivity contribution >= 4 is 23.4 Å². The van der Waals surface area contributed by atoms with E-state index in [0.29, 0.717) is 13.1 Å². The molecule has 102 valence electrons. The van der Waals surface area contributed by atoms with Crippen LogP contribution in [-0.2, 0) is 6.18 Å². The molecule has 1 aromatic heterocycles. The molecule has 0 bridgehead atoms. The number of nitrogens with zero attached hydrogens (tertiary/aromatic N) is 1. The van der Waals surface area contributed by atoms with Crippen molar-refractivity contribution in [3.05, 3.63) is 17.7 Å². The molecule has 0 aromatic carbocycles. The fraction of sp³-hybridized carbons (Fsp3) is 0.545. The predicted molar refractivity (Wildman–Crippen MR) is 70.3 cm³/mol. The first-order valence-electron chi connectivity index (χ1n) is 5.53. The number of pyridine rings is 1. The van der Waals surface area contributed by atoms with E-state index in [2.05, 4.69) is 15.6 Å². The lowest BCUT2D eigenvalue weighted by molar-refractivity contribution is -0.137. The highest BCUT2D eigenvalue weighted by atomic mass is 32.2. The Hall–Kier alpha value is -1.11. The van der Waals surface area contributed by atoms with Crippen LogP contribution in [0.25, 0.3) is 0 Å². The first-order chi connectivity index (χ1) is 8.47. The molecule has 0 aliphatic carbocycles. The third-order valence-corrected chi connectivity index (χ3v) is 2.74. The molecular weight excluding hydrogens is 263 g/mol. The predicted octanol–water partition coefficient (Wildman–Crippen LogP) is 3.31. The molecule has 0 saturated carbocycles. The molecule has 2 N–H and O–H groups in total. The fourth-order valence-corrected chi connectivity index (χ4v) is 1.64. The molecule has 0 unspecified atom stereocenters. The van der Waals surface area contributed by atoms with E-state index in [1.165, 1.54) is 0 Å². The molecule has 0 aliphatic heterocycles. The minimum atomic E-state index is -4.36. The average Bonchev–Trinajstić information content (AvgIpc) is 2.28. The van der Waals surface area contributed by atoms with Gasteiger partial charge in [-0.15, -0.1) is 0 Å². The van der Waals surface area contributed by atoms with Gasteiger partial charge >= 0.3 is 6.18 Å². The van der Waals surface area contributed by atoms with Crippen molar-refractivity contribution in [3.8, 4) is 0 Å². The van der Waals surface area contributed by atoms with Crippen LogP contribution in [0.3, 0.4) is 0 Å². The second kappa shape index (κ2) is 6.72. The van der Waals surface area contributed by atoms with Crippen molar-refractivity contribution in [1.29, 1.82) is 0 Å². The van der Waals surface area contributed by atoms with Crippen molar-refractivity contribution in [2.45, 2.75) is 13.1 Å². The minimum Gasteiger partial charge on any atom is -0.370 e. The van der Waals surface area contributed by atoms with Gasteiger partial charge in [0.25, 0.3) is 0 Å². The molecule has 18 heavy (non-hydrogen) atoms. The zero-order chi connectivity index (χ0) is 13.6. The number of halogens is 3. The van der Waals surface area contributed by atoms with E-state index in [9.17, 15) is 13.2 Å². The van der Waals surface area contributed by atoms with Crippen molar-refractivity contribution in [2.75, 3.05) is 35.7 Å². The number of nitrogens with one attached hydrogen (secondary N) is 2. The quantitative estimate of drug-likeness (QED) is 0.783. The standard InChI is InChI=1S/C11H16F3N3S/c1-3-15-9-6-8(11(12,13)14)7-10(17-9)16-4-5-18-2/h6-7H,3-5H2,1-2H3,(H2,15,16,17). The molecule has 0 atom stereocenters. The molecule has 0 aliphatic rings. The third kappa shape index (κ3) is 4.64. The van der Waals surface area contributed by atoms with Gasteiger partial charge in [0.05, 0.1) is 5.56 Å². The molecule has 7 heteroatoms. The molecule has 0 spiro atoms. The van der Waals surface area contributed by atoms with Crippen molar-refractivity contribution < 1.29 is 13.2 Å². The van der Waals surface area contributed by atoms with Crippen LogP contribution in [-0.4, -0.2) is 30.1 Å². The molecule has 3 nitrogen and oxygen atoms in total. The lowest BCUT2D eigenvalue weighted by atomic mass is 10.2. The Morgan fingerprint density at radius 1 is 1.22 bits per heavy atom. The normalized spacial score (nSPS) is 11.4. The SMILES string of the molecule is CCNc1cc(C(F)(F)F)cc(NCCSC)n1. The van der Waals surface area contributed by atoms with Gasteiger partial charge in [-0.25, -0.2) is 4.98 Å². The smallest absolute Gasteiger partial charge is 0.370 e. The van der Waals surface area contributed by atoms with Crippen LogP contribution >= 0.6 is 11.8 Å². The van der Waals surface area contributed by atoms with Gasteiger partial charge in [0.15, 0.2) is 0 Å². The summed E-state index contributed by atoms with van der Waals surface area (Å²) in [6, 6.07) is 2.05. The monoisotopic (exact) mass is 279 g/mol. The van der Waals surface area contributed by atoms with Crippen LogP contribution in [0, 0.1) is 0 Å². The number of alkyl halides is 3. The largest absolute Gasteiger partial charge is 0.416 e. The van der Waals surface area contributed by atoms with E-state index in [0.717, 1.165) is 17.9 Å². The first-order valence-corrected chi connectivity index (χ1v) is 6.92. The first kappa shape index (κ1) is 14.9. The maximum atomic E-state index is 12.7. The third-order valence-electron chi connectivity index (χ3n) is 2.12. The number of hydrogen-bond donors (Lipinski definition) is 2. The van der Waals surface area contributed by atoms with E-state index in [4.69, 9.17) is 0 Å². The Labute approximate surface area is 109 Å². The number of hydrogen-bond acceptors (Lipinski definition) is 4. The Balaban J connectivity index is 2.91. The van der Waals surface area contributed by atoms with Crippen LogP contribution in [0.4, 0.5) is 24.8 Å². The lowest BCUT2D eigenvalue weighted by Crippen LogP contribution is -2.12. The van der Waals surface area contributed by atoms with Crippen LogP contribution in [0.1, 0.15) is 12.5 Å². The highest BCUT2D eigenvalue weighted by Gasteiger charge is 2.31. The van der Waals surface area contributed by atoms with Crippen LogP contribution in [0.2, 0.25) is 0 Å². The number of anilines is 2. The maximum absolute atomic E-state index is 12.7. The van der Waals surface area contributed by atoms with Crippen molar-refractivity contribution in [3.63, 3.8) is 0 Å². The maximum Gasteiger partial charge on any atom is 0.416 e. The van der Waals surface area contributed by atoms with Gasteiger partial charge < -0.3 is 10.6 Å². The Kier molecular flexibility index (Phi) is 5.58. The van der Waals surface area contributed by atoms with E-state index >= 15 is 0 Å². The molecule has 0 saturated heterocycles. The number of rotatable bonds is 6. The number of thioether (sulfide) groups is 1. The zero-order valence-electron chi connectivity index (χ0n) is 10.3. The topological polar surface area (TPSA) is 37.0 Å². The molecule has 1 rings (SSSR count). The summed E-state index contributed by atoms with van der Waals surface area (Å²) in [5.74, 6) is 1.29. The van der Waals surface area contributed by atoms with E-state index in [-0.39, 0.29) is 11.6 Å². The molecule has 1 aromatic rings. The van der Waals surface area contributed by atoms with Gasteiger partial charge in [-0.05, 0) is 25.3 Å². The summed E-state index contributed by atoms with van der Waals surface area (Å²) in [4.78, 5) is 4.08. The molecule has 0 fully saturated rings. The average molecular weight is 279 g/mol. The lowest BCUT2D eigenvalue weighted by Gasteiger charge is -2.13. The van der Waals surface area contributed by atoms with E-state index in [1.54, 1.807) is 11.8 Å². The van der Waals surface area contributed by atoms with Crippen molar-refractivity contribution in [2.24, 2.45) is 0 Å². The number of aromatic nitrogens is 1. The highest BCUT2D eigenvalue weighted by Crippen LogP contribution is 2.31.